The van der Waals surface area contributed by atoms with Gasteiger partial charge in [-0.3, -0.25) is 4.57 Å². The normalized spacial score (nSPS) is 12.3. The molecule has 0 saturated carbocycles. The van der Waals surface area contributed by atoms with E-state index in [1.54, 1.807) is 0 Å². The maximum Gasteiger partial charge on any atom is 0.236 e. The van der Waals surface area contributed by atoms with Gasteiger partial charge in [0.15, 0.2) is 11.2 Å². The molecule has 0 unspecified atom stereocenters. The molecule has 5 heteroatoms. The van der Waals surface area contributed by atoms with Crippen molar-refractivity contribution < 1.29 is 8.83 Å². The van der Waals surface area contributed by atoms with Crippen molar-refractivity contribution >= 4 is 98.1 Å². The molecule has 51 heavy (non-hydrogen) atoms. The minimum Gasteiger partial charge on any atom is -0.454 e. The first-order valence-electron chi connectivity index (χ1n) is 17.2. The van der Waals surface area contributed by atoms with Crippen molar-refractivity contribution in [2.24, 2.45) is 0 Å². The molecule has 8 aromatic carbocycles. The third-order valence-corrected chi connectivity index (χ3v) is 10.6. The van der Waals surface area contributed by atoms with Crippen LogP contribution in [0, 0.1) is 0 Å². The van der Waals surface area contributed by atoms with Crippen LogP contribution in [0.1, 0.15) is 0 Å². The zero-order chi connectivity index (χ0) is 33.2. The second-order valence-electron chi connectivity index (χ2n) is 13.3. The molecule has 0 atom stereocenters. The lowest BCUT2D eigenvalue weighted by Gasteiger charge is -2.12. The third kappa shape index (κ3) is 3.54. The molecule has 0 amide bonds. The number of para-hydroxylation sites is 2. The van der Waals surface area contributed by atoms with Gasteiger partial charge in [-0.2, -0.15) is 0 Å². The van der Waals surface area contributed by atoms with Crippen LogP contribution in [0.3, 0.4) is 0 Å². The molecular weight excluding hydrogens is 627 g/mol. The minimum atomic E-state index is 0.561. The fourth-order valence-electron chi connectivity index (χ4n) is 8.43. The summed E-state index contributed by atoms with van der Waals surface area (Å²) in [5.41, 5.74) is 7.61. The fraction of sp³-hybridized carbons (Fsp3) is 0. The quantitative estimate of drug-likeness (QED) is 0.187. The zero-order valence-electron chi connectivity index (χ0n) is 27.1. The predicted octanol–water partition coefficient (Wildman–Crippen LogP) is 12.5. The molecule has 4 heterocycles. The Morgan fingerprint density at radius 1 is 0.392 bits per heavy atom. The lowest BCUT2D eigenvalue weighted by Crippen LogP contribution is -2.03. The summed E-state index contributed by atoms with van der Waals surface area (Å²) >= 11 is 0. The Morgan fingerprint density at radius 2 is 0.980 bits per heavy atom. The van der Waals surface area contributed by atoms with Crippen LogP contribution >= 0.6 is 0 Å². The molecule has 0 bridgehead atoms. The lowest BCUT2D eigenvalue weighted by atomic mass is 9.98. The Morgan fingerprint density at radius 3 is 1.78 bits per heavy atom. The highest BCUT2D eigenvalue weighted by atomic mass is 16.3. The average molecular weight is 652 g/mol. The third-order valence-electron chi connectivity index (χ3n) is 10.6. The molecule has 0 saturated heterocycles. The topological polar surface area (TPSA) is 57.0 Å². The Bertz CT molecular complexity index is 3430. The second-order valence-corrected chi connectivity index (χ2v) is 13.3. The van der Waals surface area contributed by atoms with Crippen molar-refractivity contribution in [3.8, 4) is 17.2 Å². The van der Waals surface area contributed by atoms with Gasteiger partial charge in [-0.25, -0.2) is 9.97 Å². The van der Waals surface area contributed by atoms with E-state index in [1.807, 2.05) is 24.3 Å². The summed E-state index contributed by atoms with van der Waals surface area (Å²) < 4.78 is 15.8. The van der Waals surface area contributed by atoms with Crippen molar-refractivity contribution in [2.45, 2.75) is 0 Å². The Kier molecular flexibility index (Phi) is 5.17. The summed E-state index contributed by atoms with van der Waals surface area (Å²) in [6.45, 7) is 0. The summed E-state index contributed by atoms with van der Waals surface area (Å²) in [4.78, 5) is 11.0. The van der Waals surface area contributed by atoms with Crippen molar-refractivity contribution in [1.82, 2.24) is 14.5 Å². The molecule has 12 rings (SSSR count). The summed E-state index contributed by atoms with van der Waals surface area (Å²) in [5.74, 6) is 0.561. The van der Waals surface area contributed by atoms with Crippen LogP contribution in [0.4, 0.5) is 0 Å². The van der Waals surface area contributed by atoms with Crippen LogP contribution in [0.25, 0.3) is 115 Å². The molecule has 5 nitrogen and oxygen atoms in total. The van der Waals surface area contributed by atoms with Crippen LogP contribution in [0.2, 0.25) is 0 Å². The summed E-state index contributed by atoms with van der Waals surface area (Å²) in [6, 6.07) is 52.9. The lowest BCUT2D eigenvalue weighted by molar-refractivity contribution is 0.666. The standard InChI is InChI=1S/C46H25N3O2/c1-3-15-28-26(12-1)14-11-21-32(28)40-45-41(34-20-8-10-23-37(34)51-45)48-46(47-40)49-42-29-16-4-2-13-27(29)24-25-35(42)38-30-17-5-6-18-31(30)39-33-19-7-9-22-36(33)50-44(39)43(38)49/h1-25H. The van der Waals surface area contributed by atoms with Gasteiger partial charge in [-0.1, -0.05) is 133 Å². The van der Waals surface area contributed by atoms with E-state index in [0.717, 1.165) is 104 Å². The number of aromatic nitrogens is 3. The number of rotatable bonds is 2. The Hall–Kier alpha value is -6.98. The highest BCUT2D eigenvalue weighted by molar-refractivity contribution is 6.36. The fourth-order valence-corrected chi connectivity index (χ4v) is 8.43. The van der Waals surface area contributed by atoms with Crippen LogP contribution in [0.5, 0.6) is 0 Å². The van der Waals surface area contributed by atoms with Crippen LogP contribution in [-0.2, 0) is 0 Å². The maximum absolute atomic E-state index is 6.90. The predicted molar refractivity (Wildman–Crippen MR) is 209 cm³/mol. The molecule has 0 aliphatic rings. The minimum absolute atomic E-state index is 0.561. The van der Waals surface area contributed by atoms with E-state index in [2.05, 4.69) is 132 Å². The number of hydrogen-bond acceptors (Lipinski definition) is 4. The number of nitrogens with zero attached hydrogens (tertiary/aromatic N) is 3. The van der Waals surface area contributed by atoms with Crippen molar-refractivity contribution in [1.29, 1.82) is 0 Å². The van der Waals surface area contributed by atoms with E-state index in [9.17, 15) is 0 Å². The van der Waals surface area contributed by atoms with E-state index in [4.69, 9.17) is 18.8 Å². The van der Waals surface area contributed by atoms with Gasteiger partial charge < -0.3 is 8.83 Å². The molecule has 0 spiro atoms. The average Bonchev–Trinajstić information content (AvgIpc) is 3.88. The van der Waals surface area contributed by atoms with Gasteiger partial charge in [0.05, 0.1) is 5.52 Å². The first-order valence-corrected chi connectivity index (χ1v) is 17.2. The van der Waals surface area contributed by atoms with Crippen molar-refractivity contribution in [3.05, 3.63) is 152 Å². The molecule has 0 radical (unpaired) electrons. The summed E-state index contributed by atoms with van der Waals surface area (Å²) in [7, 11) is 0. The molecule has 0 aliphatic carbocycles. The van der Waals surface area contributed by atoms with Gasteiger partial charge in [0.25, 0.3) is 0 Å². The molecule has 12 aromatic rings. The zero-order valence-corrected chi connectivity index (χ0v) is 27.1. The number of hydrogen-bond donors (Lipinski definition) is 0. The largest absolute Gasteiger partial charge is 0.454 e. The van der Waals surface area contributed by atoms with E-state index in [0.29, 0.717) is 11.5 Å². The van der Waals surface area contributed by atoms with Gasteiger partial charge >= 0.3 is 0 Å². The van der Waals surface area contributed by atoms with Gasteiger partial charge in [0, 0.05) is 37.9 Å². The molecule has 0 aliphatic heterocycles. The van der Waals surface area contributed by atoms with Crippen LogP contribution in [-0.4, -0.2) is 14.5 Å². The first-order chi connectivity index (χ1) is 25.3. The van der Waals surface area contributed by atoms with E-state index in [1.165, 1.54) is 0 Å². The Labute approximate surface area is 289 Å². The van der Waals surface area contributed by atoms with Crippen molar-refractivity contribution in [2.75, 3.05) is 0 Å². The molecule has 4 aromatic heterocycles. The smallest absolute Gasteiger partial charge is 0.236 e. The van der Waals surface area contributed by atoms with Crippen molar-refractivity contribution in [3.63, 3.8) is 0 Å². The van der Waals surface area contributed by atoms with Gasteiger partial charge in [0.2, 0.25) is 5.95 Å². The molecule has 236 valence electrons. The highest BCUT2D eigenvalue weighted by Crippen LogP contribution is 2.47. The molecular formula is C46H25N3O2. The SMILES string of the molecule is c1ccc2c(-c3nc(-n4c5c6ccccc6ccc5c5c6ccccc6c6c7ccccc7oc6c54)nc4c3oc3ccccc34)cccc2c1. The van der Waals surface area contributed by atoms with Gasteiger partial charge in [-0.05, 0) is 45.1 Å². The highest BCUT2D eigenvalue weighted by Gasteiger charge is 2.27. The summed E-state index contributed by atoms with van der Waals surface area (Å²) in [5, 5.41) is 12.2. The molecule has 0 fully saturated rings. The first kappa shape index (κ1) is 26.9. The van der Waals surface area contributed by atoms with E-state index < -0.39 is 0 Å². The maximum atomic E-state index is 6.90. The van der Waals surface area contributed by atoms with E-state index >= 15 is 0 Å². The van der Waals surface area contributed by atoms with Crippen LogP contribution in [0.15, 0.2) is 160 Å². The molecule has 0 N–H and O–H groups in total. The Balaban J connectivity index is 1.36. The van der Waals surface area contributed by atoms with Gasteiger partial charge in [0.1, 0.15) is 27.9 Å². The number of furan rings is 2. The number of fused-ring (bicyclic) bond motifs is 16. The second kappa shape index (κ2) is 9.80. The number of benzene rings is 8. The summed E-state index contributed by atoms with van der Waals surface area (Å²) in [6.07, 6.45) is 0. The van der Waals surface area contributed by atoms with Gasteiger partial charge in [-0.15, -0.1) is 0 Å². The monoisotopic (exact) mass is 651 g/mol. The van der Waals surface area contributed by atoms with E-state index in [-0.39, 0.29) is 0 Å². The van der Waals surface area contributed by atoms with Crippen LogP contribution < -0.4 is 0 Å².